The topological polar surface area (TPSA) is 37.3 Å². The zero-order valence-electron chi connectivity index (χ0n) is 9.78. The summed E-state index contributed by atoms with van der Waals surface area (Å²) in [6.07, 6.45) is 11.5. The van der Waals surface area contributed by atoms with Crippen molar-refractivity contribution >= 4 is 5.97 Å². The van der Waals surface area contributed by atoms with E-state index in [4.69, 9.17) is 5.11 Å². The van der Waals surface area contributed by atoms with Crippen LogP contribution in [-0.4, -0.2) is 11.1 Å². The second-order valence-corrected chi connectivity index (χ2v) is 3.97. The van der Waals surface area contributed by atoms with Crippen LogP contribution >= 0.6 is 0 Å². The van der Waals surface area contributed by atoms with E-state index in [2.05, 4.69) is 6.92 Å². The van der Waals surface area contributed by atoms with Crippen molar-refractivity contribution in [1.29, 1.82) is 0 Å². The maximum absolute atomic E-state index is 10.2. The molecule has 0 aliphatic rings. The molecule has 0 saturated carbocycles. The van der Waals surface area contributed by atoms with Gasteiger partial charge in [-0.3, -0.25) is 4.79 Å². The van der Waals surface area contributed by atoms with Crippen LogP contribution in [0.5, 0.6) is 0 Å². The molecule has 15 heavy (non-hydrogen) atoms. The summed E-state index contributed by atoms with van der Waals surface area (Å²) in [6.45, 7) is 2.23. The molecule has 0 aromatic rings. The Morgan fingerprint density at radius 1 is 0.867 bits per heavy atom. The third kappa shape index (κ3) is 16.8. The summed E-state index contributed by atoms with van der Waals surface area (Å²) >= 11 is 0. The molecule has 0 amide bonds. The molecule has 0 aliphatic carbocycles. The van der Waals surface area contributed by atoms with Gasteiger partial charge in [-0.05, 0) is 6.42 Å². The fourth-order valence-corrected chi connectivity index (χ4v) is 1.59. The molecule has 0 saturated heterocycles. The van der Waals surface area contributed by atoms with Crippen molar-refractivity contribution in [2.45, 2.75) is 71.1 Å². The smallest absolute Gasteiger partial charge is 0.303 e. The number of carboxylic acid groups (broad SMARTS) is 1. The fourth-order valence-electron chi connectivity index (χ4n) is 1.59. The van der Waals surface area contributed by atoms with E-state index < -0.39 is 5.97 Å². The van der Waals surface area contributed by atoms with Crippen LogP contribution in [0.15, 0.2) is 0 Å². The van der Waals surface area contributed by atoms with Gasteiger partial charge in [-0.1, -0.05) is 58.3 Å². The van der Waals surface area contributed by atoms with Gasteiger partial charge in [0.2, 0.25) is 0 Å². The van der Waals surface area contributed by atoms with Gasteiger partial charge in [-0.2, -0.15) is 0 Å². The molecule has 0 unspecified atom stereocenters. The molecule has 1 N–H and O–H groups in total. The van der Waals surface area contributed by atoms with Crippen molar-refractivity contribution in [3.8, 4) is 0 Å². The van der Waals surface area contributed by atoms with E-state index in [0.29, 0.717) is 6.42 Å². The Kier molecular flexibility index (Phi) is 16.5. The van der Waals surface area contributed by atoms with Crippen LogP contribution in [-0.2, 0) is 24.6 Å². The SMILES string of the molecule is CCCCCCCCCCCC(=O)O.[Os]. The minimum absolute atomic E-state index is 0. The quantitative estimate of drug-likeness (QED) is 0.573. The van der Waals surface area contributed by atoms with Crippen LogP contribution in [0.25, 0.3) is 0 Å². The minimum atomic E-state index is -0.659. The Morgan fingerprint density at radius 3 is 1.67 bits per heavy atom. The van der Waals surface area contributed by atoms with Crippen LogP contribution in [0.2, 0.25) is 0 Å². The zero-order valence-corrected chi connectivity index (χ0v) is 12.3. The molecule has 0 atom stereocenters. The molecule has 3 heteroatoms. The standard InChI is InChI=1S/C12H24O2.Os/c1-2-3-4-5-6-7-8-9-10-11-12(13)14;/h2-11H2,1H3,(H,13,14);. The predicted molar refractivity (Wildman–Crippen MR) is 59.5 cm³/mol. The van der Waals surface area contributed by atoms with Gasteiger partial charge in [0.1, 0.15) is 0 Å². The number of hydrogen-bond acceptors (Lipinski definition) is 1. The van der Waals surface area contributed by atoms with Crippen molar-refractivity contribution in [2.24, 2.45) is 0 Å². The molecular weight excluding hydrogens is 366 g/mol. The monoisotopic (exact) mass is 392 g/mol. The van der Waals surface area contributed by atoms with Gasteiger partial charge in [0.05, 0.1) is 0 Å². The molecule has 0 aromatic carbocycles. The maximum atomic E-state index is 10.2. The van der Waals surface area contributed by atoms with Crippen molar-refractivity contribution in [3.05, 3.63) is 0 Å². The summed E-state index contributed by atoms with van der Waals surface area (Å²) in [5.41, 5.74) is 0. The van der Waals surface area contributed by atoms with Crippen molar-refractivity contribution in [3.63, 3.8) is 0 Å². The Hall–Kier alpha value is 0.106. The summed E-state index contributed by atoms with van der Waals surface area (Å²) < 4.78 is 0. The summed E-state index contributed by atoms with van der Waals surface area (Å²) in [5.74, 6) is -0.659. The maximum Gasteiger partial charge on any atom is 0.303 e. The van der Waals surface area contributed by atoms with Crippen LogP contribution in [0.1, 0.15) is 71.1 Å². The largest absolute Gasteiger partial charge is 0.481 e. The minimum Gasteiger partial charge on any atom is -0.481 e. The average Bonchev–Trinajstić information content (AvgIpc) is 2.15. The van der Waals surface area contributed by atoms with Crippen LogP contribution in [0.4, 0.5) is 0 Å². The molecule has 0 aromatic heterocycles. The molecule has 0 heterocycles. The second-order valence-electron chi connectivity index (χ2n) is 3.97. The van der Waals surface area contributed by atoms with E-state index in [1.165, 1.54) is 44.9 Å². The molecule has 0 bridgehead atoms. The van der Waals surface area contributed by atoms with E-state index in [-0.39, 0.29) is 19.8 Å². The van der Waals surface area contributed by atoms with Crippen molar-refractivity contribution < 1.29 is 29.7 Å². The van der Waals surface area contributed by atoms with Gasteiger partial charge in [0, 0.05) is 26.2 Å². The number of carbonyl (C=O) groups is 1. The fraction of sp³-hybridized carbons (Fsp3) is 0.917. The van der Waals surface area contributed by atoms with Crippen LogP contribution in [0, 0.1) is 0 Å². The van der Waals surface area contributed by atoms with Gasteiger partial charge in [-0.25, -0.2) is 0 Å². The normalized spacial score (nSPS) is 9.67. The number of hydrogen-bond donors (Lipinski definition) is 1. The number of carboxylic acids is 1. The van der Waals surface area contributed by atoms with Crippen molar-refractivity contribution in [1.82, 2.24) is 0 Å². The van der Waals surface area contributed by atoms with Gasteiger partial charge in [0.25, 0.3) is 0 Å². The first-order valence-corrected chi connectivity index (χ1v) is 5.99. The predicted octanol–water partition coefficient (Wildman–Crippen LogP) is 3.99. The van der Waals surface area contributed by atoms with Gasteiger partial charge >= 0.3 is 5.97 Å². The summed E-state index contributed by atoms with van der Waals surface area (Å²) in [5, 5.41) is 8.41. The molecule has 0 spiro atoms. The van der Waals surface area contributed by atoms with E-state index in [1.807, 2.05) is 0 Å². The van der Waals surface area contributed by atoms with E-state index in [9.17, 15) is 4.79 Å². The molecule has 2 nitrogen and oxygen atoms in total. The second kappa shape index (κ2) is 14.1. The first kappa shape index (κ1) is 17.5. The Bertz CT molecular complexity index is 138. The van der Waals surface area contributed by atoms with E-state index in [1.54, 1.807) is 0 Å². The zero-order chi connectivity index (χ0) is 10.6. The van der Waals surface area contributed by atoms with E-state index >= 15 is 0 Å². The first-order valence-electron chi connectivity index (χ1n) is 5.99. The van der Waals surface area contributed by atoms with Crippen molar-refractivity contribution in [2.75, 3.05) is 0 Å². The Morgan fingerprint density at radius 2 is 1.27 bits per heavy atom. The third-order valence-corrected chi connectivity index (χ3v) is 2.49. The van der Waals surface area contributed by atoms with Gasteiger partial charge in [0.15, 0.2) is 0 Å². The average molecular weight is 391 g/mol. The molecular formula is C12H24O2Os. The van der Waals surface area contributed by atoms with E-state index in [0.717, 1.165) is 12.8 Å². The molecule has 92 valence electrons. The summed E-state index contributed by atoms with van der Waals surface area (Å²) in [7, 11) is 0. The molecule has 0 fully saturated rings. The summed E-state index contributed by atoms with van der Waals surface area (Å²) in [4.78, 5) is 10.2. The summed E-state index contributed by atoms with van der Waals surface area (Å²) in [6, 6.07) is 0. The Balaban J connectivity index is 0. The van der Waals surface area contributed by atoms with Gasteiger partial charge < -0.3 is 5.11 Å². The third-order valence-electron chi connectivity index (χ3n) is 2.49. The molecule has 0 radical (unpaired) electrons. The van der Waals surface area contributed by atoms with Crippen LogP contribution in [0.3, 0.4) is 0 Å². The van der Waals surface area contributed by atoms with Crippen LogP contribution < -0.4 is 0 Å². The van der Waals surface area contributed by atoms with Gasteiger partial charge in [-0.15, -0.1) is 0 Å². The first-order chi connectivity index (χ1) is 6.77. The number of unbranched alkanes of at least 4 members (excludes halogenated alkanes) is 8. The Labute approximate surface area is 107 Å². The molecule has 0 rings (SSSR count). The molecule has 0 aliphatic heterocycles. The number of rotatable bonds is 10. The number of aliphatic carboxylic acids is 1.